The number of rotatable bonds is 7. The molecule has 2 N–H and O–H groups in total. The number of hydrogen-bond donors (Lipinski definition) is 2. The summed E-state index contributed by atoms with van der Waals surface area (Å²) in [5.74, 6) is 0.721. The highest BCUT2D eigenvalue weighted by atomic mass is 19.1. The Bertz CT molecular complexity index is 1580. The standard InChI is InChI=1S/C30H32FN7O/c1-20(39)18-36-8-10-37(11-9-36)29-7-6-23(14-32-29)24-13-26-28(16-34-30(26)33-15-24)27-17-35-38(21(27)2)19-22-4-3-5-25(31)12-22/h3-7,12-17,20,39H,8-11,18-19H2,1-2H3,(H,33,34)/t20-/m0/s1. The molecule has 5 aromatic rings. The number of β-amino-alcohol motifs (C(OH)–C–C–N with tert-alkyl or cyclic N) is 1. The summed E-state index contributed by atoms with van der Waals surface area (Å²) in [5.41, 5.74) is 6.73. The van der Waals surface area contributed by atoms with E-state index in [1.165, 1.54) is 6.07 Å². The van der Waals surface area contributed by atoms with E-state index < -0.39 is 0 Å². The number of halogens is 1. The van der Waals surface area contributed by atoms with Crippen LogP contribution >= 0.6 is 0 Å². The SMILES string of the molecule is Cc1c(-c2c[nH]c3ncc(-c4ccc(N5CCN(C[C@H](C)O)CC5)nc4)cc23)cnn1Cc1cccc(F)c1. The van der Waals surface area contributed by atoms with Gasteiger partial charge >= 0.3 is 0 Å². The van der Waals surface area contributed by atoms with Crippen LogP contribution in [0.3, 0.4) is 0 Å². The van der Waals surface area contributed by atoms with E-state index in [1.54, 1.807) is 12.1 Å². The Labute approximate surface area is 226 Å². The van der Waals surface area contributed by atoms with E-state index >= 15 is 0 Å². The topological polar surface area (TPSA) is 86.1 Å². The predicted octanol–water partition coefficient (Wildman–Crippen LogP) is 4.49. The van der Waals surface area contributed by atoms with Gasteiger partial charge in [-0.25, -0.2) is 14.4 Å². The quantitative estimate of drug-likeness (QED) is 0.326. The van der Waals surface area contributed by atoms with Crippen LogP contribution in [0.15, 0.2) is 67.3 Å². The number of benzene rings is 1. The highest BCUT2D eigenvalue weighted by Crippen LogP contribution is 2.33. The van der Waals surface area contributed by atoms with Crippen molar-refractivity contribution in [3.63, 3.8) is 0 Å². The third-order valence-electron chi connectivity index (χ3n) is 7.45. The van der Waals surface area contributed by atoms with Crippen molar-refractivity contribution in [2.24, 2.45) is 0 Å². The summed E-state index contributed by atoms with van der Waals surface area (Å²) in [7, 11) is 0. The summed E-state index contributed by atoms with van der Waals surface area (Å²) in [6.07, 6.45) is 7.31. The zero-order valence-electron chi connectivity index (χ0n) is 22.2. The fourth-order valence-corrected chi connectivity index (χ4v) is 5.34. The Morgan fingerprint density at radius 3 is 2.54 bits per heavy atom. The molecule has 9 heteroatoms. The second kappa shape index (κ2) is 10.6. The molecular weight excluding hydrogens is 493 g/mol. The largest absolute Gasteiger partial charge is 0.392 e. The summed E-state index contributed by atoms with van der Waals surface area (Å²) in [6.45, 7) is 8.71. The van der Waals surface area contributed by atoms with Crippen molar-refractivity contribution in [1.29, 1.82) is 0 Å². The Hall–Kier alpha value is -4.08. The van der Waals surface area contributed by atoms with Gasteiger partial charge in [0.2, 0.25) is 0 Å². The zero-order chi connectivity index (χ0) is 26.9. The summed E-state index contributed by atoms with van der Waals surface area (Å²) >= 11 is 0. The van der Waals surface area contributed by atoms with Crippen LogP contribution in [0.25, 0.3) is 33.3 Å². The molecule has 5 heterocycles. The maximum absolute atomic E-state index is 13.7. The number of aliphatic hydroxyl groups is 1. The molecule has 1 aliphatic heterocycles. The maximum Gasteiger partial charge on any atom is 0.137 e. The third-order valence-corrected chi connectivity index (χ3v) is 7.45. The van der Waals surface area contributed by atoms with E-state index in [0.29, 0.717) is 13.1 Å². The molecule has 1 aliphatic rings. The van der Waals surface area contributed by atoms with Crippen LogP contribution in [0.5, 0.6) is 0 Å². The molecule has 1 saturated heterocycles. The van der Waals surface area contributed by atoms with Crippen LogP contribution in [0, 0.1) is 12.7 Å². The van der Waals surface area contributed by atoms with Crippen LogP contribution in [0.1, 0.15) is 18.2 Å². The molecule has 39 heavy (non-hydrogen) atoms. The van der Waals surface area contributed by atoms with Crippen LogP contribution in [0.4, 0.5) is 10.2 Å². The Morgan fingerprint density at radius 2 is 1.79 bits per heavy atom. The molecule has 0 saturated carbocycles. The van der Waals surface area contributed by atoms with Gasteiger partial charge in [-0.3, -0.25) is 9.58 Å². The number of hydrogen-bond acceptors (Lipinski definition) is 6. The van der Waals surface area contributed by atoms with Gasteiger partial charge in [0.25, 0.3) is 0 Å². The van der Waals surface area contributed by atoms with Crippen LogP contribution < -0.4 is 4.90 Å². The summed E-state index contributed by atoms with van der Waals surface area (Å²) in [6, 6.07) is 12.9. The van der Waals surface area contributed by atoms with E-state index in [9.17, 15) is 9.50 Å². The number of aliphatic hydroxyl groups excluding tert-OH is 1. The predicted molar refractivity (Wildman–Crippen MR) is 151 cm³/mol. The fraction of sp³-hybridized carbons (Fsp3) is 0.300. The molecule has 1 fully saturated rings. The van der Waals surface area contributed by atoms with Gasteiger partial charge in [0, 0.05) is 84.6 Å². The highest BCUT2D eigenvalue weighted by Gasteiger charge is 2.19. The Morgan fingerprint density at radius 1 is 0.974 bits per heavy atom. The van der Waals surface area contributed by atoms with Gasteiger partial charge in [-0.05, 0) is 49.7 Å². The van der Waals surface area contributed by atoms with Gasteiger partial charge in [-0.15, -0.1) is 0 Å². The Balaban J connectivity index is 1.22. The van der Waals surface area contributed by atoms with Crippen molar-refractivity contribution < 1.29 is 9.50 Å². The molecule has 0 bridgehead atoms. The lowest BCUT2D eigenvalue weighted by molar-refractivity contribution is 0.122. The number of piperazine rings is 1. The molecule has 6 rings (SSSR count). The lowest BCUT2D eigenvalue weighted by Crippen LogP contribution is -2.48. The van der Waals surface area contributed by atoms with Gasteiger partial charge in [0.05, 0.1) is 18.8 Å². The molecule has 8 nitrogen and oxygen atoms in total. The summed E-state index contributed by atoms with van der Waals surface area (Å²) in [4.78, 5) is 17.3. The number of nitrogens with one attached hydrogen (secondary N) is 1. The molecule has 0 spiro atoms. The van der Waals surface area contributed by atoms with E-state index in [4.69, 9.17) is 4.98 Å². The fourth-order valence-electron chi connectivity index (χ4n) is 5.34. The van der Waals surface area contributed by atoms with Gasteiger partial charge in [-0.2, -0.15) is 5.10 Å². The monoisotopic (exact) mass is 525 g/mol. The number of nitrogens with zero attached hydrogens (tertiary/aromatic N) is 6. The first-order valence-corrected chi connectivity index (χ1v) is 13.3. The second-order valence-electron chi connectivity index (χ2n) is 10.3. The van der Waals surface area contributed by atoms with Crippen molar-refractivity contribution in [2.75, 3.05) is 37.6 Å². The third kappa shape index (κ3) is 5.28. The van der Waals surface area contributed by atoms with Crippen molar-refractivity contribution in [1.82, 2.24) is 29.6 Å². The average molecular weight is 526 g/mol. The van der Waals surface area contributed by atoms with Gasteiger partial charge < -0.3 is 15.0 Å². The Kier molecular flexibility index (Phi) is 6.85. The van der Waals surface area contributed by atoms with E-state index in [2.05, 4.69) is 43.1 Å². The molecule has 0 radical (unpaired) electrons. The number of fused-ring (bicyclic) bond motifs is 1. The minimum Gasteiger partial charge on any atom is -0.392 e. The normalized spacial score (nSPS) is 15.2. The number of aromatic nitrogens is 5. The summed E-state index contributed by atoms with van der Waals surface area (Å²) in [5, 5.41) is 15.2. The molecule has 0 unspecified atom stereocenters. The highest BCUT2D eigenvalue weighted by molar-refractivity contribution is 5.96. The minimum atomic E-state index is -0.305. The van der Waals surface area contributed by atoms with Crippen molar-refractivity contribution >= 4 is 16.9 Å². The molecule has 0 aliphatic carbocycles. The summed E-state index contributed by atoms with van der Waals surface area (Å²) < 4.78 is 15.6. The average Bonchev–Trinajstić information content (AvgIpc) is 3.51. The molecular formula is C30H32FN7O. The smallest absolute Gasteiger partial charge is 0.137 e. The van der Waals surface area contributed by atoms with E-state index in [1.807, 2.05) is 49.4 Å². The maximum atomic E-state index is 13.7. The van der Waals surface area contributed by atoms with Crippen LogP contribution in [-0.2, 0) is 6.54 Å². The molecule has 1 atom stereocenters. The van der Waals surface area contributed by atoms with Crippen molar-refractivity contribution in [2.45, 2.75) is 26.5 Å². The van der Waals surface area contributed by atoms with Gasteiger partial charge in [0.1, 0.15) is 17.3 Å². The van der Waals surface area contributed by atoms with E-state index in [0.717, 1.165) is 76.5 Å². The zero-order valence-corrected chi connectivity index (χ0v) is 22.2. The first-order chi connectivity index (χ1) is 18.9. The van der Waals surface area contributed by atoms with Gasteiger partial charge in [0.15, 0.2) is 0 Å². The molecule has 0 amide bonds. The number of pyridine rings is 2. The minimum absolute atomic E-state index is 0.245. The van der Waals surface area contributed by atoms with Crippen LogP contribution in [0.2, 0.25) is 0 Å². The molecule has 200 valence electrons. The lowest BCUT2D eigenvalue weighted by Gasteiger charge is -2.35. The van der Waals surface area contributed by atoms with Crippen molar-refractivity contribution in [3.05, 3.63) is 84.3 Å². The number of aromatic amines is 1. The molecule has 4 aromatic heterocycles. The lowest BCUT2D eigenvalue weighted by atomic mass is 10.0. The van der Waals surface area contributed by atoms with Crippen molar-refractivity contribution in [3.8, 4) is 22.3 Å². The first-order valence-electron chi connectivity index (χ1n) is 13.3. The molecule has 1 aromatic carbocycles. The van der Waals surface area contributed by atoms with Gasteiger partial charge in [-0.1, -0.05) is 12.1 Å². The number of H-pyrrole nitrogens is 1. The second-order valence-corrected chi connectivity index (χ2v) is 10.3. The number of anilines is 1. The van der Waals surface area contributed by atoms with E-state index in [-0.39, 0.29) is 11.9 Å². The first kappa shape index (κ1) is 25.2. The van der Waals surface area contributed by atoms with Crippen LogP contribution in [-0.4, -0.2) is 73.6 Å².